The van der Waals surface area contributed by atoms with E-state index in [0.29, 0.717) is 0 Å². The van der Waals surface area contributed by atoms with Gasteiger partial charge in [0.15, 0.2) is 0 Å². The maximum absolute atomic E-state index is 9.20. The maximum Gasteiger partial charge on any atom is 0.124 e. The summed E-state index contributed by atoms with van der Waals surface area (Å²) in [6.07, 6.45) is 0. The number of nitrogens with zero attached hydrogens (tertiary/aromatic N) is 1. The third-order valence-electron chi connectivity index (χ3n) is 2.86. The second-order valence-corrected chi connectivity index (χ2v) is 4.33. The Kier molecular flexibility index (Phi) is 3.78. The number of nitrogens with one attached hydrogen (secondary N) is 1. The summed E-state index contributed by atoms with van der Waals surface area (Å²) in [4.78, 5) is 0. The highest BCUT2D eigenvalue weighted by Gasteiger charge is 2.27. The standard InChI is InChI=1S/C13H18N2O/c1-10(2)13(3,9-14)15-11-6-5-7-12(8-11)16-4/h5-8,10,15H,1-4H3. The molecule has 0 heterocycles. The molecule has 0 aromatic heterocycles. The number of hydrogen-bond acceptors (Lipinski definition) is 3. The van der Waals surface area contributed by atoms with Crippen molar-refractivity contribution in [1.29, 1.82) is 5.26 Å². The van der Waals surface area contributed by atoms with Crippen molar-refractivity contribution in [2.24, 2.45) is 5.92 Å². The van der Waals surface area contributed by atoms with Crippen LogP contribution in [-0.4, -0.2) is 12.6 Å². The Hall–Kier alpha value is -1.69. The summed E-state index contributed by atoms with van der Waals surface area (Å²) in [6, 6.07) is 9.91. The highest BCUT2D eigenvalue weighted by Crippen LogP contribution is 2.24. The van der Waals surface area contributed by atoms with E-state index >= 15 is 0 Å². The summed E-state index contributed by atoms with van der Waals surface area (Å²) < 4.78 is 5.14. The Morgan fingerprint density at radius 1 is 1.44 bits per heavy atom. The van der Waals surface area contributed by atoms with Crippen LogP contribution in [0.1, 0.15) is 20.8 Å². The molecule has 0 spiro atoms. The van der Waals surface area contributed by atoms with Gasteiger partial charge >= 0.3 is 0 Å². The number of rotatable bonds is 4. The van der Waals surface area contributed by atoms with E-state index < -0.39 is 5.54 Å². The van der Waals surface area contributed by atoms with E-state index in [1.807, 2.05) is 45.0 Å². The molecule has 0 saturated carbocycles. The van der Waals surface area contributed by atoms with Gasteiger partial charge in [-0.05, 0) is 25.0 Å². The van der Waals surface area contributed by atoms with Crippen LogP contribution in [0.15, 0.2) is 24.3 Å². The van der Waals surface area contributed by atoms with Crippen molar-refractivity contribution in [3.05, 3.63) is 24.3 Å². The predicted molar refractivity (Wildman–Crippen MR) is 65.5 cm³/mol. The van der Waals surface area contributed by atoms with Gasteiger partial charge in [-0.2, -0.15) is 5.26 Å². The minimum absolute atomic E-state index is 0.226. The third kappa shape index (κ3) is 2.66. The zero-order valence-corrected chi connectivity index (χ0v) is 10.2. The Morgan fingerprint density at radius 3 is 2.62 bits per heavy atom. The number of anilines is 1. The second-order valence-electron chi connectivity index (χ2n) is 4.33. The fourth-order valence-corrected chi connectivity index (χ4v) is 1.30. The molecule has 0 radical (unpaired) electrons. The first-order valence-electron chi connectivity index (χ1n) is 5.35. The zero-order chi connectivity index (χ0) is 12.2. The summed E-state index contributed by atoms with van der Waals surface area (Å²) in [7, 11) is 1.63. The number of ether oxygens (including phenoxy) is 1. The minimum Gasteiger partial charge on any atom is -0.497 e. The van der Waals surface area contributed by atoms with Crippen molar-refractivity contribution >= 4 is 5.69 Å². The smallest absolute Gasteiger partial charge is 0.124 e. The van der Waals surface area contributed by atoms with Crippen molar-refractivity contribution < 1.29 is 4.74 Å². The molecule has 1 unspecified atom stereocenters. The van der Waals surface area contributed by atoms with Crippen molar-refractivity contribution in [3.8, 4) is 11.8 Å². The Labute approximate surface area is 97.0 Å². The molecule has 0 aliphatic heterocycles. The van der Waals surface area contributed by atoms with E-state index in [1.54, 1.807) is 7.11 Å². The first-order valence-corrected chi connectivity index (χ1v) is 5.35. The molecule has 0 fully saturated rings. The predicted octanol–water partition coefficient (Wildman–Crippen LogP) is 3.05. The van der Waals surface area contributed by atoms with Gasteiger partial charge in [0.05, 0.1) is 13.2 Å². The summed E-state index contributed by atoms with van der Waals surface area (Å²) in [6.45, 7) is 5.95. The van der Waals surface area contributed by atoms with Crippen LogP contribution in [0.4, 0.5) is 5.69 Å². The Bertz CT molecular complexity index is 395. The van der Waals surface area contributed by atoms with Crippen LogP contribution in [0.25, 0.3) is 0 Å². The van der Waals surface area contributed by atoms with Crippen LogP contribution in [-0.2, 0) is 0 Å². The van der Waals surface area contributed by atoms with E-state index in [9.17, 15) is 5.26 Å². The molecular formula is C13H18N2O. The van der Waals surface area contributed by atoms with Gasteiger partial charge in [0, 0.05) is 11.8 Å². The fourth-order valence-electron chi connectivity index (χ4n) is 1.30. The molecule has 1 rings (SSSR count). The quantitative estimate of drug-likeness (QED) is 0.844. The van der Waals surface area contributed by atoms with Crippen LogP contribution in [0.2, 0.25) is 0 Å². The fraction of sp³-hybridized carbons (Fsp3) is 0.462. The van der Waals surface area contributed by atoms with Gasteiger partial charge in [0.1, 0.15) is 11.3 Å². The lowest BCUT2D eigenvalue weighted by Gasteiger charge is -2.28. The van der Waals surface area contributed by atoms with Crippen LogP contribution >= 0.6 is 0 Å². The van der Waals surface area contributed by atoms with Gasteiger partial charge in [0.25, 0.3) is 0 Å². The molecule has 1 aromatic rings. The topological polar surface area (TPSA) is 45.0 Å². The summed E-state index contributed by atoms with van der Waals surface area (Å²) in [5.41, 5.74) is 0.337. The molecule has 86 valence electrons. The molecule has 1 aromatic carbocycles. The van der Waals surface area contributed by atoms with Crippen LogP contribution in [0.3, 0.4) is 0 Å². The highest BCUT2D eigenvalue weighted by atomic mass is 16.5. The first kappa shape index (κ1) is 12.4. The van der Waals surface area contributed by atoms with Gasteiger partial charge < -0.3 is 10.1 Å². The minimum atomic E-state index is -0.563. The molecule has 0 saturated heterocycles. The lowest BCUT2D eigenvalue weighted by Crippen LogP contribution is -2.38. The number of benzene rings is 1. The van der Waals surface area contributed by atoms with Gasteiger partial charge in [-0.1, -0.05) is 19.9 Å². The van der Waals surface area contributed by atoms with Crippen LogP contribution < -0.4 is 10.1 Å². The van der Waals surface area contributed by atoms with E-state index in [2.05, 4.69) is 11.4 Å². The monoisotopic (exact) mass is 218 g/mol. The molecular weight excluding hydrogens is 200 g/mol. The van der Waals surface area contributed by atoms with E-state index in [4.69, 9.17) is 4.74 Å². The molecule has 0 aliphatic rings. The van der Waals surface area contributed by atoms with Crippen LogP contribution in [0, 0.1) is 17.2 Å². The molecule has 1 atom stereocenters. The number of hydrogen-bond donors (Lipinski definition) is 1. The van der Waals surface area contributed by atoms with E-state index in [-0.39, 0.29) is 5.92 Å². The van der Waals surface area contributed by atoms with E-state index in [1.165, 1.54) is 0 Å². The highest BCUT2D eigenvalue weighted by molar-refractivity contribution is 5.51. The first-order chi connectivity index (χ1) is 7.51. The summed E-state index contributed by atoms with van der Waals surface area (Å²) in [5, 5.41) is 12.4. The SMILES string of the molecule is COc1cccc(NC(C)(C#N)C(C)C)c1. The van der Waals surface area contributed by atoms with Crippen molar-refractivity contribution in [3.63, 3.8) is 0 Å². The number of nitriles is 1. The van der Waals surface area contributed by atoms with Crippen LogP contribution in [0.5, 0.6) is 5.75 Å². The average molecular weight is 218 g/mol. The zero-order valence-electron chi connectivity index (χ0n) is 10.2. The largest absolute Gasteiger partial charge is 0.497 e. The third-order valence-corrected chi connectivity index (χ3v) is 2.86. The summed E-state index contributed by atoms with van der Waals surface area (Å²) >= 11 is 0. The van der Waals surface area contributed by atoms with Crippen molar-refractivity contribution in [2.75, 3.05) is 12.4 Å². The van der Waals surface area contributed by atoms with Gasteiger partial charge in [0.2, 0.25) is 0 Å². The molecule has 3 heteroatoms. The summed E-state index contributed by atoms with van der Waals surface area (Å²) in [5.74, 6) is 1.01. The maximum atomic E-state index is 9.20. The van der Waals surface area contributed by atoms with Crippen molar-refractivity contribution in [1.82, 2.24) is 0 Å². The molecule has 16 heavy (non-hydrogen) atoms. The molecule has 3 nitrogen and oxygen atoms in total. The lowest BCUT2D eigenvalue weighted by molar-refractivity contribution is 0.414. The molecule has 1 N–H and O–H groups in total. The number of methoxy groups -OCH3 is 1. The van der Waals surface area contributed by atoms with Gasteiger partial charge in [-0.3, -0.25) is 0 Å². The normalized spacial score (nSPS) is 14.0. The van der Waals surface area contributed by atoms with Gasteiger partial charge in [-0.25, -0.2) is 0 Å². The molecule has 0 amide bonds. The Balaban J connectivity index is 2.91. The van der Waals surface area contributed by atoms with E-state index in [0.717, 1.165) is 11.4 Å². The second kappa shape index (κ2) is 4.89. The average Bonchev–Trinajstić information content (AvgIpc) is 2.29. The van der Waals surface area contributed by atoms with Gasteiger partial charge in [-0.15, -0.1) is 0 Å². The Morgan fingerprint density at radius 2 is 2.12 bits per heavy atom. The lowest BCUT2D eigenvalue weighted by atomic mass is 9.90. The van der Waals surface area contributed by atoms with Crippen molar-refractivity contribution in [2.45, 2.75) is 26.3 Å². The molecule has 0 aliphatic carbocycles. The molecule has 0 bridgehead atoms.